The highest BCUT2D eigenvalue weighted by atomic mass is 19.1. The number of fused-ring (bicyclic) bond motifs is 5. The molecule has 4 aromatic rings. The Morgan fingerprint density at radius 1 is 0.985 bits per heavy atom. The molecule has 0 radical (unpaired) electrons. The number of pyridine rings is 2. The highest BCUT2D eigenvalue weighted by Crippen LogP contribution is 2.46. The van der Waals surface area contributed by atoms with E-state index in [1.807, 2.05) is 0 Å². The van der Waals surface area contributed by atoms with Crippen LogP contribution in [0.4, 0.5) is 14.9 Å². The maximum atomic E-state index is 15.3. The molecule has 0 spiro atoms. The highest BCUT2D eigenvalue weighted by Gasteiger charge is 2.46. The van der Waals surface area contributed by atoms with Gasteiger partial charge in [-0.25, -0.2) is 19.0 Å². The maximum absolute atomic E-state index is 15.3. The van der Waals surface area contributed by atoms with E-state index in [0.717, 1.165) is 10.5 Å². The Morgan fingerprint density at radius 2 is 1.72 bits per heavy atom. The Labute approximate surface area is 389 Å². The van der Waals surface area contributed by atoms with Gasteiger partial charge in [-0.05, 0) is 85.4 Å². The molecule has 68 heavy (non-hydrogen) atoms. The molecule has 0 fully saturated rings. The average molecular weight is 934 g/mol. The Kier molecular flexibility index (Phi) is 13.3. The summed E-state index contributed by atoms with van der Waals surface area (Å²) in [5.74, 6) is -3.63. The van der Waals surface area contributed by atoms with Gasteiger partial charge >= 0.3 is 12.1 Å². The van der Waals surface area contributed by atoms with Crippen LogP contribution in [-0.2, 0) is 70.0 Å². The normalized spacial score (nSPS) is 18.2. The molecule has 3 atom stereocenters. The van der Waals surface area contributed by atoms with Crippen molar-refractivity contribution in [3.05, 3.63) is 104 Å². The lowest BCUT2D eigenvalue weighted by Crippen LogP contribution is -2.51. The van der Waals surface area contributed by atoms with E-state index >= 15 is 4.39 Å². The predicted molar refractivity (Wildman–Crippen MR) is 243 cm³/mol. The van der Waals surface area contributed by atoms with Crippen LogP contribution in [0.15, 0.2) is 53.3 Å². The van der Waals surface area contributed by atoms with Crippen molar-refractivity contribution >= 4 is 58.2 Å². The zero-order chi connectivity index (χ0) is 48.6. The van der Waals surface area contributed by atoms with Crippen molar-refractivity contribution in [3.63, 3.8) is 0 Å². The Balaban J connectivity index is 0.856. The summed E-state index contributed by atoms with van der Waals surface area (Å²) in [4.78, 5) is 108. The molecule has 19 heteroatoms. The monoisotopic (exact) mass is 933 g/mol. The predicted octanol–water partition coefficient (Wildman–Crippen LogP) is 4.12. The summed E-state index contributed by atoms with van der Waals surface area (Å²) in [6.45, 7) is 6.43. The number of carbonyl (C=O) groups is 7. The molecule has 3 aliphatic heterocycles. The van der Waals surface area contributed by atoms with Crippen molar-refractivity contribution in [2.75, 3.05) is 18.4 Å². The summed E-state index contributed by atoms with van der Waals surface area (Å²) in [7, 11) is 0. The first-order chi connectivity index (χ1) is 32.5. The molecule has 1 unspecified atom stereocenters. The molecule has 4 aliphatic rings. The summed E-state index contributed by atoms with van der Waals surface area (Å²) in [6.07, 6.45) is 4.33. The number of carbonyl (C=O) groups excluding carboxylic acids is 7. The van der Waals surface area contributed by atoms with E-state index < -0.39 is 52.9 Å². The number of aliphatic hydroxyl groups is 1. The van der Waals surface area contributed by atoms with Crippen LogP contribution in [0.1, 0.15) is 104 Å². The fourth-order valence-corrected chi connectivity index (χ4v) is 9.36. The van der Waals surface area contributed by atoms with Crippen LogP contribution in [0.3, 0.4) is 0 Å². The van der Waals surface area contributed by atoms with E-state index in [-0.39, 0.29) is 80.5 Å². The van der Waals surface area contributed by atoms with Gasteiger partial charge in [0.1, 0.15) is 25.1 Å². The number of halogens is 1. The molecule has 6 amide bonds. The van der Waals surface area contributed by atoms with E-state index in [9.17, 15) is 43.5 Å². The minimum Gasteiger partial charge on any atom is -0.458 e. The number of imide groups is 1. The molecule has 356 valence electrons. The van der Waals surface area contributed by atoms with Crippen LogP contribution in [0.5, 0.6) is 0 Å². The molecule has 0 saturated carbocycles. The van der Waals surface area contributed by atoms with Gasteiger partial charge in [0.25, 0.3) is 17.4 Å². The summed E-state index contributed by atoms with van der Waals surface area (Å²) < 4.78 is 27.7. The number of esters is 1. The minimum atomic E-state index is -2.03. The lowest BCUT2D eigenvalue weighted by Gasteiger charge is -2.31. The van der Waals surface area contributed by atoms with Crippen LogP contribution in [-0.4, -0.2) is 80.3 Å². The first-order valence-electron chi connectivity index (χ1n) is 22.7. The summed E-state index contributed by atoms with van der Waals surface area (Å²) >= 11 is 0. The van der Waals surface area contributed by atoms with Crippen molar-refractivity contribution in [1.29, 1.82) is 0 Å². The van der Waals surface area contributed by atoms with Crippen LogP contribution in [0.25, 0.3) is 22.3 Å². The minimum absolute atomic E-state index is 0.0284. The van der Waals surface area contributed by atoms with Gasteiger partial charge in [0.2, 0.25) is 17.7 Å². The number of hydrogen-bond donors (Lipinski definition) is 5. The Hall–Kier alpha value is -7.28. The second-order valence-electron chi connectivity index (χ2n) is 17.8. The Morgan fingerprint density at radius 3 is 2.43 bits per heavy atom. The number of nitrogens with zero attached hydrogens (tertiary/aromatic N) is 3. The number of amides is 6. The van der Waals surface area contributed by atoms with E-state index in [1.165, 1.54) is 22.8 Å². The van der Waals surface area contributed by atoms with E-state index in [0.29, 0.717) is 82.3 Å². The zero-order valence-electron chi connectivity index (χ0n) is 38.1. The molecule has 5 N–H and O–H groups in total. The molecule has 2 aromatic carbocycles. The molecule has 1 aliphatic carbocycles. The fraction of sp³-hybridized carbons (Fsp3) is 0.408. The van der Waals surface area contributed by atoms with E-state index in [1.54, 1.807) is 58.0 Å². The number of hydrogen-bond acceptors (Lipinski definition) is 12. The first-order valence-corrected chi connectivity index (χ1v) is 22.7. The fourth-order valence-electron chi connectivity index (χ4n) is 9.36. The van der Waals surface area contributed by atoms with Gasteiger partial charge in [-0.3, -0.25) is 33.7 Å². The van der Waals surface area contributed by atoms with Crippen molar-refractivity contribution in [3.8, 4) is 11.4 Å². The molecule has 5 heterocycles. The van der Waals surface area contributed by atoms with Gasteiger partial charge in [-0.2, -0.15) is 0 Å². The largest absolute Gasteiger partial charge is 0.458 e. The third-order valence-corrected chi connectivity index (χ3v) is 13.2. The molecule has 0 saturated heterocycles. The van der Waals surface area contributed by atoms with Gasteiger partial charge in [0.05, 0.1) is 41.6 Å². The van der Waals surface area contributed by atoms with E-state index in [2.05, 4.69) is 21.3 Å². The number of benzene rings is 2. The van der Waals surface area contributed by atoms with Gasteiger partial charge in [-0.1, -0.05) is 39.3 Å². The first kappa shape index (κ1) is 47.2. The Bertz CT molecular complexity index is 2860. The number of nitrogens with one attached hydrogen (secondary N) is 4. The van der Waals surface area contributed by atoms with Crippen molar-refractivity contribution in [1.82, 2.24) is 30.4 Å². The molecule has 2 aromatic heterocycles. The second-order valence-corrected chi connectivity index (χ2v) is 17.8. The van der Waals surface area contributed by atoms with Crippen molar-refractivity contribution < 1.29 is 52.5 Å². The highest BCUT2D eigenvalue weighted by molar-refractivity contribution is 6.12. The third kappa shape index (κ3) is 9.09. The average Bonchev–Trinajstić information content (AvgIpc) is 3.85. The van der Waals surface area contributed by atoms with Crippen LogP contribution >= 0.6 is 0 Å². The quantitative estimate of drug-likeness (QED) is 0.0533. The zero-order valence-corrected chi connectivity index (χ0v) is 38.1. The summed E-state index contributed by atoms with van der Waals surface area (Å²) in [6, 6.07) is 7.99. The van der Waals surface area contributed by atoms with Gasteiger partial charge in [0.15, 0.2) is 5.60 Å². The number of aromatic nitrogens is 2. The van der Waals surface area contributed by atoms with Gasteiger partial charge < -0.3 is 40.4 Å². The molecular weight excluding hydrogens is 882 g/mol. The second kappa shape index (κ2) is 19.1. The SMILES string of the molecule is CC[C@@]1(O)C(=O)OCc2c1cc1n(c2=O)Cc2c-1nc1cc(F)c(C)c3c1c2[C@@H](NC(=O)OCc1ccc(NC(=O)CNC(=O)C(NC(=O)CCCCCN2C(=O)C=CC2=O)C(C)C)cc1)CC3. The molecule has 8 rings (SSSR count). The van der Waals surface area contributed by atoms with Crippen molar-refractivity contribution in [2.45, 2.75) is 110 Å². The van der Waals surface area contributed by atoms with E-state index in [4.69, 9.17) is 14.5 Å². The van der Waals surface area contributed by atoms with Crippen LogP contribution in [0, 0.1) is 18.7 Å². The topological polar surface area (TPSA) is 244 Å². The number of aryl methyl sites for hydroxylation is 1. The summed E-state index contributed by atoms with van der Waals surface area (Å²) in [5.41, 5.74) is 2.50. The van der Waals surface area contributed by atoms with Crippen molar-refractivity contribution in [2.24, 2.45) is 5.92 Å². The van der Waals surface area contributed by atoms with Gasteiger partial charge in [0, 0.05) is 53.4 Å². The lowest BCUT2D eigenvalue weighted by molar-refractivity contribution is -0.172. The number of ether oxygens (including phenoxy) is 2. The smallest absolute Gasteiger partial charge is 0.407 e. The van der Waals surface area contributed by atoms with Gasteiger partial charge in [-0.15, -0.1) is 0 Å². The molecular formula is C49H52FN7O11. The number of unbranched alkanes of at least 4 members (excludes halogenated alkanes) is 2. The standard InChI is InChI=1S/C49H52FN7O11/c1-5-49(66)32-19-36-44-30(22-57(36)46(63)31(32)24-67-47(49)64)42-34(15-14-29-26(4)33(50)20-35(53-44)41(29)42)54-48(65)68-23-27-10-12-28(13-11-27)52-38(59)21-51-45(62)43(25(2)3)55-37(58)9-7-6-8-18-56-39(60)16-17-40(56)61/h10-13,16-17,19-20,25,34,43,66H,5-9,14-15,18,21-24H2,1-4H3,(H,51,62)(H,52,59)(H,54,65)(H,55,58)/t34-,43?,49-/m0/s1. The van der Waals surface area contributed by atoms with Crippen LogP contribution in [0.2, 0.25) is 0 Å². The molecule has 18 nitrogen and oxygen atoms in total. The summed E-state index contributed by atoms with van der Waals surface area (Å²) in [5, 5.41) is 23.0. The number of rotatable bonds is 16. The number of alkyl carbamates (subject to hydrolysis) is 1. The lowest BCUT2D eigenvalue weighted by atomic mass is 9.81. The third-order valence-electron chi connectivity index (χ3n) is 13.2. The number of anilines is 1. The molecule has 0 bridgehead atoms. The number of cyclic esters (lactones) is 1. The maximum Gasteiger partial charge on any atom is 0.407 e. The van der Waals surface area contributed by atoms with Crippen LogP contribution < -0.4 is 26.8 Å².